The van der Waals surface area contributed by atoms with Crippen LogP contribution in [0.1, 0.15) is 42.2 Å². The average molecular weight is 265 g/mol. The van der Waals surface area contributed by atoms with E-state index in [2.05, 4.69) is 9.72 Å². The number of nitrogens with zero attached hydrogens (tertiary/aromatic N) is 1. The van der Waals surface area contributed by atoms with Crippen molar-refractivity contribution in [1.82, 2.24) is 4.98 Å². The van der Waals surface area contributed by atoms with Crippen LogP contribution in [0.15, 0.2) is 18.3 Å². The Labute approximate surface area is 112 Å². The number of esters is 2. The summed E-state index contributed by atoms with van der Waals surface area (Å²) in [5, 5.41) is 0. The monoisotopic (exact) mass is 265 g/mol. The Morgan fingerprint density at radius 1 is 1.37 bits per heavy atom. The van der Waals surface area contributed by atoms with Crippen LogP contribution in [0.5, 0.6) is 0 Å². The number of aryl methyl sites for hydroxylation is 1. The van der Waals surface area contributed by atoms with Crippen LogP contribution in [-0.2, 0) is 20.7 Å². The molecule has 0 fully saturated rings. The lowest BCUT2D eigenvalue weighted by Gasteiger charge is -2.05. The van der Waals surface area contributed by atoms with Crippen LogP contribution in [0.25, 0.3) is 0 Å². The van der Waals surface area contributed by atoms with Gasteiger partial charge in [0, 0.05) is 12.6 Å². The molecule has 0 aromatic carbocycles. The molecule has 0 unspecified atom stereocenters. The van der Waals surface area contributed by atoms with Crippen molar-refractivity contribution in [3.63, 3.8) is 0 Å². The number of ether oxygens (including phenoxy) is 2. The van der Waals surface area contributed by atoms with Crippen LogP contribution in [0.2, 0.25) is 0 Å². The number of methoxy groups -OCH3 is 1. The summed E-state index contributed by atoms with van der Waals surface area (Å²) < 4.78 is 9.65. The topological polar surface area (TPSA) is 65.5 Å². The molecule has 0 saturated heterocycles. The summed E-state index contributed by atoms with van der Waals surface area (Å²) in [6, 6.07) is 3.40. The quantitative estimate of drug-likeness (QED) is 0.558. The number of hydrogen-bond donors (Lipinski definition) is 0. The molecule has 5 heteroatoms. The molecule has 1 heterocycles. The van der Waals surface area contributed by atoms with Crippen LogP contribution in [0.3, 0.4) is 0 Å². The normalized spacial score (nSPS) is 10.0. The maximum absolute atomic E-state index is 11.4. The molecule has 0 atom stereocenters. The number of unbranched alkanes of at least 4 members (excludes halogenated alkanes) is 1. The standard InChI is InChI=1S/C14H19NO4/c1-3-4-9-19-13(16)6-5-11-7-8-15-12(10-11)14(17)18-2/h7-8,10H,3-6,9H2,1-2H3. The minimum Gasteiger partial charge on any atom is -0.466 e. The molecular weight excluding hydrogens is 246 g/mol. The predicted octanol–water partition coefficient (Wildman–Crippen LogP) is 2.14. The summed E-state index contributed by atoms with van der Waals surface area (Å²) in [6.45, 7) is 2.51. The molecule has 104 valence electrons. The zero-order chi connectivity index (χ0) is 14.1. The third-order valence-corrected chi connectivity index (χ3v) is 2.60. The van der Waals surface area contributed by atoms with Crippen LogP contribution >= 0.6 is 0 Å². The first-order valence-corrected chi connectivity index (χ1v) is 6.36. The van der Waals surface area contributed by atoms with Crippen molar-refractivity contribution in [2.45, 2.75) is 32.6 Å². The van der Waals surface area contributed by atoms with E-state index in [1.807, 2.05) is 6.92 Å². The van der Waals surface area contributed by atoms with Crippen molar-refractivity contribution in [2.24, 2.45) is 0 Å². The lowest BCUT2D eigenvalue weighted by atomic mass is 10.1. The van der Waals surface area contributed by atoms with Gasteiger partial charge in [0.25, 0.3) is 0 Å². The summed E-state index contributed by atoms with van der Waals surface area (Å²) >= 11 is 0. The predicted molar refractivity (Wildman–Crippen MR) is 69.8 cm³/mol. The van der Waals surface area contributed by atoms with E-state index in [9.17, 15) is 9.59 Å². The van der Waals surface area contributed by atoms with E-state index in [1.54, 1.807) is 12.1 Å². The SMILES string of the molecule is CCCCOC(=O)CCc1ccnc(C(=O)OC)c1. The fraction of sp³-hybridized carbons (Fsp3) is 0.500. The fourth-order valence-corrected chi connectivity index (χ4v) is 1.49. The van der Waals surface area contributed by atoms with E-state index in [4.69, 9.17) is 4.74 Å². The maximum atomic E-state index is 11.4. The molecule has 0 aliphatic heterocycles. The van der Waals surface area contributed by atoms with E-state index < -0.39 is 5.97 Å². The summed E-state index contributed by atoms with van der Waals surface area (Å²) in [5.41, 5.74) is 1.11. The lowest BCUT2D eigenvalue weighted by Crippen LogP contribution is -2.08. The fourth-order valence-electron chi connectivity index (χ4n) is 1.49. The Kier molecular flexibility index (Phi) is 6.57. The van der Waals surface area contributed by atoms with Gasteiger partial charge in [0.2, 0.25) is 0 Å². The smallest absolute Gasteiger partial charge is 0.356 e. The van der Waals surface area contributed by atoms with Gasteiger partial charge in [0.1, 0.15) is 5.69 Å². The number of carbonyl (C=O) groups excluding carboxylic acids is 2. The highest BCUT2D eigenvalue weighted by Crippen LogP contribution is 2.07. The van der Waals surface area contributed by atoms with Crippen LogP contribution in [0.4, 0.5) is 0 Å². The summed E-state index contributed by atoms with van der Waals surface area (Å²) in [5.74, 6) is -0.697. The molecule has 1 aromatic heterocycles. The minimum absolute atomic E-state index is 0.218. The molecule has 19 heavy (non-hydrogen) atoms. The highest BCUT2D eigenvalue weighted by molar-refractivity contribution is 5.87. The van der Waals surface area contributed by atoms with Crippen LogP contribution < -0.4 is 0 Å². The van der Waals surface area contributed by atoms with Crippen molar-refractivity contribution >= 4 is 11.9 Å². The molecule has 0 aliphatic carbocycles. The highest BCUT2D eigenvalue weighted by atomic mass is 16.5. The average Bonchev–Trinajstić information content (AvgIpc) is 2.45. The van der Waals surface area contributed by atoms with Gasteiger partial charge >= 0.3 is 11.9 Å². The first-order chi connectivity index (χ1) is 9.17. The summed E-state index contributed by atoms with van der Waals surface area (Å²) in [4.78, 5) is 26.6. The van der Waals surface area contributed by atoms with Gasteiger partial charge in [-0.05, 0) is 30.5 Å². The Bertz CT molecular complexity index is 431. The van der Waals surface area contributed by atoms with Gasteiger partial charge in [-0.3, -0.25) is 4.79 Å². The van der Waals surface area contributed by atoms with Gasteiger partial charge < -0.3 is 9.47 Å². The summed E-state index contributed by atoms with van der Waals surface area (Å²) in [6.07, 6.45) is 4.24. The molecule has 0 radical (unpaired) electrons. The van der Waals surface area contributed by atoms with Crippen molar-refractivity contribution < 1.29 is 19.1 Å². The van der Waals surface area contributed by atoms with Gasteiger partial charge in [-0.1, -0.05) is 13.3 Å². The zero-order valence-corrected chi connectivity index (χ0v) is 11.3. The van der Waals surface area contributed by atoms with E-state index in [0.717, 1.165) is 18.4 Å². The third kappa shape index (κ3) is 5.50. The van der Waals surface area contributed by atoms with Crippen LogP contribution in [0, 0.1) is 0 Å². The van der Waals surface area contributed by atoms with Gasteiger partial charge in [-0.25, -0.2) is 9.78 Å². The largest absolute Gasteiger partial charge is 0.466 e. The highest BCUT2D eigenvalue weighted by Gasteiger charge is 2.09. The van der Waals surface area contributed by atoms with Gasteiger partial charge in [-0.2, -0.15) is 0 Å². The second kappa shape index (κ2) is 8.24. The van der Waals surface area contributed by atoms with E-state index in [0.29, 0.717) is 19.4 Å². The molecule has 1 aromatic rings. The molecule has 0 N–H and O–H groups in total. The Balaban J connectivity index is 2.44. The lowest BCUT2D eigenvalue weighted by molar-refractivity contribution is -0.143. The Morgan fingerprint density at radius 3 is 2.84 bits per heavy atom. The molecule has 0 saturated carbocycles. The van der Waals surface area contributed by atoms with Gasteiger partial charge in [0.05, 0.1) is 13.7 Å². The van der Waals surface area contributed by atoms with Gasteiger partial charge in [0.15, 0.2) is 0 Å². The second-order valence-electron chi connectivity index (χ2n) is 4.11. The molecule has 0 spiro atoms. The molecule has 0 amide bonds. The first kappa shape index (κ1) is 15.1. The van der Waals surface area contributed by atoms with Gasteiger partial charge in [-0.15, -0.1) is 0 Å². The molecule has 0 aliphatic rings. The second-order valence-corrected chi connectivity index (χ2v) is 4.11. The maximum Gasteiger partial charge on any atom is 0.356 e. The first-order valence-electron chi connectivity index (χ1n) is 6.36. The van der Waals surface area contributed by atoms with Crippen molar-refractivity contribution in [1.29, 1.82) is 0 Å². The third-order valence-electron chi connectivity index (χ3n) is 2.60. The summed E-state index contributed by atoms with van der Waals surface area (Å²) in [7, 11) is 1.31. The zero-order valence-electron chi connectivity index (χ0n) is 11.3. The van der Waals surface area contributed by atoms with E-state index in [1.165, 1.54) is 13.3 Å². The van der Waals surface area contributed by atoms with Crippen molar-refractivity contribution in [2.75, 3.05) is 13.7 Å². The number of rotatable bonds is 7. The molecule has 0 bridgehead atoms. The Hall–Kier alpha value is -1.91. The van der Waals surface area contributed by atoms with Crippen molar-refractivity contribution in [3.05, 3.63) is 29.6 Å². The van der Waals surface area contributed by atoms with Crippen LogP contribution in [-0.4, -0.2) is 30.6 Å². The number of pyridine rings is 1. The number of carbonyl (C=O) groups is 2. The number of hydrogen-bond acceptors (Lipinski definition) is 5. The Morgan fingerprint density at radius 2 is 2.16 bits per heavy atom. The molecular formula is C14H19NO4. The van der Waals surface area contributed by atoms with Crippen molar-refractivity contribution in [3.8, 4) is 0 Å². The molecule has 1 rings (SSSR count). The number of aromatic nitrogens is 1. The minimum atomic E-state index is -0.479. The van der Waals surface area contributed by atoms with E-state index in [-0.39, 0.29) is 11.7 Å². The van der Waals surface area contributed by atoms with E-state index >= 15 is 0 Å². The molecule has 5 nitrogen and oxygen atoms in total.